The summed E-state index contributed by atoms with van der Waals surface area (Å²) in [6, 6.07) is 10.4. The fourth-order valence-electron chi connectivity index (χ4n) is 3.72. The molecular formula is C22H13F3N3NaO5S. The van der Waals surface area contributed by atoms with Gasteiger partial charge < -0.3 is 12.5 Å². The van der Waals surface area contributed by atoms with E-state index in [9.17, 15) is 35.7 Å². The number of hydrogen-bond acceptors (Lipinski definition) is 7. The van der Waals surface area contributed by atoms with E-state index in [2.05, 4.69) is 5.32 Å². The second-order valence-electron chi connectivity index (χ2n) is 7.26. The number of halogens is 3. The third-order valence-corrected chi connectivity index (χ3v) is 6.10. The number of benzene rings is 3. The van der Waals surface area contributed by atoms with Crippen LogP contribution in [0, 0.1) is 11.3 Å². The molecule has 4 rings (SSSR count). The zero-order valence-corrected chi connectivity index (χ0v) is 20.6. The molecule has 3 aromatic rings. The first-order valence-electron chi connectivity index (χ1n) is 9.35. The van der Waals surface area contributed by atoms with Gasteiger partial charge in [0.1, 0.15) is 4.90 Å². The molecule has 0 aromatic heterocycles. The minimum atomic E-state index is -4.99. The van der Waals surface area contributed by atoms with Crippen molar-refractivity contribution in [2.45, 2.75) is 11.1 Å². The first-order chi connectivity index (χ1) is 15.8. The molecule has 0 aliphatic heterocycles. The number of nitriles is 1. The Morgan fingerprint density at radius 2 is 1.57 bits per heavy atom. The standard InChI is InChI=1S/C22H12F3N3O5S.Na.H/c23-22(24,25)14-7-11(6-5-10(14)9-26)28-15-8-16(34(31,32)33)19(27)18-17(15)20(29)12-3-1-2-4-13(12)21(18)30;;/h1-8,28H,27H2,(H,31,32,33);;/q;+1;-1. The number of fused-ring (bicyclic) bond motifs is 2. The van der Waals surface area contributed by atoms with Gasteiger partial charge in [0.05, 0.1) is 39.7 Å². The number of nitrogens with two attached hydrogens (primary N) is 1. The summed E-state index contributed by atoms with van der Waals surface area (Å²) in [6.07, 6.45) is -4.88. The Kier molecular flexibility index (Phi) is 6.86. The van der Waals surface area contributed by atoms with Gasteiger partial charge in [-0.05, 0) is 24.3 Å². The third kappa shape index (κ3) is 4.56. The Balaban J connectivity index is 0.00000228. The predicted octanol–water partition coefficient (Wildman–Crippen LogP) is 1.04. The maximum Gasteiger partial charge on any atom is 1.00 e. The van der Waals surface area contributed by atoms with E-state index in [1.54, 1.807) is 0 Å². The van der Waals surface area contributed by atoms with E-state index in [1.165, 1.54) is 30.3 Å². The molecule has 4 N–H and O–H groups in total. The number of hydrogen-bond donors (Lipinski definition) is 3. The summed E-state index contributed by atoms with van der Waals surface area (Å²) >= 11 is 0. The quantitative estimate of drug-likeness (QED) is 0.210. The van der Waals surface area contributed by atoms with Gasteiger partial charge >= 0.3 is 35.7 Å². The molecule has 0 saturated heterocycles. The molecule has 0 saturated carbocycles. The number of carbonyl (C=O) groups is 2. The van der Waals surface area contributed by atoms with Crippen LogP contribution in [0.1, 0.15) is 44.4 Å². The van der Waals surface area contributed by atoms with Crippen molar-refractivity contribution in [3.05, 3.63) is 81.9 Å². The normalized spacial score (nSPS) is 12.8. The summed E-state index contributed by atoms with van der Waals surface area (Å²) in [5, 5.41) is 11.5. The molecule has 0 heterocycles. The molecule has 174 valence electrons. The molecule has 3 aromatic carbocycles. The molecule has 0 bridgehead atoms. The number of anilines is 3. The van der Waals surface area contributed by atoms with Gasteiger partial charge in [0.2, 0.25) is 0 Å². The molecule has 0 fully saturated rings. The average molecular weight is 511 g/mol. The third-order valence-electron chi connectivity index (χ3n) is 5.20. The van der Waals surface area contributed by atoms with Gasteiger partial charge in [-0.15, -0.1) is 0 Å². The molecule has 0 atom stereocenters. The molecule has 8 nitrogen and oxygen atoms in total. The van der Waals surface area contributed by atoms with Crippen molar-refractivity contribution in [1.82, 2.24) is 0 Å². The second-order valence-corrected chi connectivity index (χ2v) is 8.65. The van der Waals surface area contributed by atoms with Gasteiger partial charge in [0.15, 0.2) is 11.6 Å². The second kappa shape index (κ2) is 9.10. The first-order valence-corrected chi connectivity index (χ1v) is 10.8. The maximum absolute atomic E-state index is 13.4. The van der Waals surface area contributed by atoms with Crippen molar-refractivity contribution in [1.29, 1.82) is 5.26 Å². The summed E-state index contributed by atoms with van der Waals surface area (Å²) in [4.78, 5) is 25.4. The van der Waals surface area contributed by atoms with Crippen LogP contribution in [-0.4, -0.2) is 24.5 Å². The predicted molar refractivity (Wildman–Crippen MR) is 115 cm³/mol. The molecule has 1 aliphatic rings. The Bertz CT molecular complexity index is 1570. The maximum atomic E-state index is 13.4. The smallest absolute Gasteiger partial charge is 1.00 e. The van der Waals surface area contributed by atoms with Gasteiger partial charge in [-0.3, -0.25) is 14.1 Å². The van der Waals surface area contributed by atoms with Crippen molar-refractivity contribution in [2.24, 2.45) is 0 Å². The van der Waals surface area contributed by atoms with E-state index >= 15 is 0 Å². The zero-order chi connectivity index (χ0) is 25.0. The van der Waals surface area contributed by atoms with Gasteiger partial charge in [-0.25, -0.2) is 0 Å². The van der Waals surface area contributed by atoms with E-state index < -0.39 is 55.1 Å². The number of alkyl halides is 3. The summed E-state index contributed by atoms with van der Waals surface area (Å²) in [6.45, 7) is 0. The van der Waals surface area contributed by atoms with Crippen LogP contribution in [-0.2, 0) is 16.3 Å². The molecule has 0 spiro atoms. The number of rotatable bonds is 3. The molecule has 1 aliphatic carbocycles. The van der Waals surface area contributed by atoms with Crippen LogP contribution in [0.15, 0.2) is 53.4 Å². The SMILES string of the molecule is N#Cc1ccc(Nc2cc(S(=O)(=O)O)c(N)c3c2C(=O)c2ccccc2C3=O)cc1C(F)(F)F.[H-].[Na+]. The number of nitrogens with zero attached hydrogens (tertiary/aromatic N) is 1. The van der Waals surface area contributed by atoms with Crippen LogP contribution in [0.5, 0.6) is 0 Å². The van der Waals surface area contributed by atoms with Crippen molar-refractivity contribution >= 4 is 38.7 Å². The molecule has 0 radical (unpaired) electrons. The van der Waals surface area contributed by atoms with Crippen molar-refractivity contribution < 1.29 is 66.7 Å². The van der Waals surface area contributed by atoms with Crippen LogP contribution in [0.4, 0.5) is 30.2 Å². The van der Waals surface area contributed by atoms with Crippen molar-refractivity contribution in [3.8, 4) is 6.07 Å². The van der Waals surface area contributed by atoms with E-state index in [0.717, 1.165) is 18.2 Å². The number of ketones is 2. The summed E-state index contributed by atoms with van der Waals surface area (Å²) in [5.41, 5.74) is 1.67. The Morgan fingerprint density at radius 1 is 1.00 bits per heavy atom. The molecule has 0 unspecified atom stereocenters. The van der Waals surface area contributed by atoms with Crippen molar-refractivity contribution in [3.63, 3.8) is 0 Å². The summed E-state index contributed by atoms with van der Waals surface area (Å²) in [7, 11) is -4.99. The topological polar surface area (TPSA) is 150 Å². The Labute approximate surface area is 220 Å². The monoisotopic (exact) mass is 511 g/mol. The zero-order valence-electron chi connectivity index (χ0n) is 18.8. The van der Waals surface area contributed by atoms with Gasteiger partial charge in [0, 0.05) is 16.8 Å². The van der Waals surface area contributed by atoms with E-state index in [4.69, 9.17) is 11.0 Å². The van der Waals surface area contributed by atoms with Gasteiger partial charge in [-0.1, -0.05) is 24.3 Å². The summed E-state index contributed by atoms with van der Waals surface area (Å²) < 4.78 is 73.6. The van der Waals surface area contributed by atoms with Crippen LogP contribution in [0.2, 0.25) is 0 Å². The van der Waals surface area contributed by atoms with Crippen LogP contribution in [0.25, 0.3) is 0 Å². The number of nitrogens with one attached hydrogen (secondary N) is 1. The average Bonchev–Trinajstić information content (AvgIpc) is 2.77. The minimum absolute atomic E-state index is 0. The van der Waals surface area contributed by atoms with Crippen LogP contribution >= 0.6 is 0 Å². The molecule has 35 heavy (non-hydrogen) atoms. The molecule has 13 heteroatoms. The Morgan fingerprint density at radius 3 is 2.09 bits per heavy atom. The number of carbonyl (C=O) groups excluding carboxylic acids is 2. The van der Waals surface area contributed by atoms with E-state index in [-0.39, 0.29) is 59.0 Å². The first kappa shape index (κ1) is 26.4. The largest absolute Gasteiger partial charge is 1.00 e. The van der Waals surface area contributed by atoms with Crippen LogP contribution < -0.4 is 40.6 Å². The van der Waals surface area contributed by atoms with E-state index in [0.29, 0.717) is 6.07 Å². The molecular weight excluding hydrogens is 498 g/mol. The minimum Gasteiger partial charge on any atom is -1.00 e. The van der Waals surface area contributed by atoms with Gasteiger partial charge in [-0.2, -0.15) is 26.9 Å². The molecule has 0 amide bonds. The van der Waals surface area contributed by atoms with E-state index in [1.807, 2.05) is 0 Å². The fraction of sp³-hybridized carbons (Fsp3) is 0.0455. The van der Waals surface area contributed by atoms with Crippen LogP contribution in [0.3, 0.4) is 0 Å². The van der Waals surface area contributed by atoms with Gasteiger partial charge in [0.25, 0.3) is 10.1 Å². The summed E-state index contributed by atoms with van der Waals surface area (Å²) in [5.74, 6) is -1.53. The fourth-order valence-corrected chi connectivity index (χ4v) is 4.36. The van der Waals surface area contributed by atoms with Crippen molar-refractivity contribution in [2.75, 3.05) is 11.1 Å². The Hall–Kier alpha value is -3.21. The number of nitrogen functional groups attached to an aromatic ring is 1.